The number of likely N-dealkylation sites (tertiary alicyclic amines) is 1. The van der Waals surface area contributed by atoms with Gasteiger partial charge in [0, 0.05) is 19.8 Å². The van der Waals surface area contributed by atoms with Crippen molar-refractivity contribution in [3.8, 4) is 0 Å². The van der Waals surface area contributed by atoms with E-state index in [1.165, 1.54) is 180 Å². The molecule has 1 rings (SSSR count). The van der Waals surface area contributed by atoms with E-state index in [4.69, 9.17) is 14.2 Å². The molecule has 2 N–H and O–H groups in total. The van der Waals surface area contributed by atoms with Crippen molar-refractivity contribution < 1.29 is 24.4 Å². The highest BCUT2D eigenvalue weighted by molar-refractivity contribution is 4.71. The van der Waals surface area contributed by atoms with Gasteiger partial charge in [-0.15, -0.1) is 0 Å². The standard InChI is InChI=1S/C47H95NO5/c1-3-5-7-9-11-13-15-17-19-21-23-26-30-46(44-49)42-45(43-47(50)31-27-24-22-20-18-16-14-12-10-8-6-4-2)32-36-51-38-40-53-41-39-52-37-35-48-33-28-25-29-34-48/h45-47,49-50H,3-44H2,1-2H3. The van der Waals surface area contributed by atoms with Crippen LogP contribution in [0.2, 0.25) is 0 Å². The third-order valence-corrected chi connectivity index (χ3v) is 11.8. The van der Waals surface area contributed by atoms with Gasteiger partial charge in [0.15, 0.2) is 0 Å². The molecule has 3 atom stereocenters. The molecule has 53 heavy (non-hydrogen) atoms. The van der Waals surface area contributed by atoms with Gasteiger partial charge in [0.1, 0.15) is 0 Å². The average molecular weight is 754 g/mol. The minimum absolute atomic E-state index is 0.243. The molecule has 0 aliphatic carbocycles. The van der Waals surface area contributed by atoms with Crippen LogP contribution in [0.4, 0.5) is 0 Å². The normalized spacial score (nSPS) is 15.6. The summed E-state index contributed by atoms with van der Waals surface area (Å²) in [6.07, 6.45) is 41.1. The Labute approximate surface area is 331 Å². The molecule has 3 unspecified atom stereocenters. The number of rotatable bonds is 43. The fourth-order valence-corrected chi connectivity index (χ4v) is 8.25. The summed E-state index contributed by atoms with van der Waals surface area (Å²) >= 11 is 0. The van der Waals surface area contributed by atoms with Crippen molar-refractivity contribution in [1.29, 1.82) is 0 Å². The number of piperidine rings is 1. The highest BCUT2D eigenvalue weighted by Crippen LogP contribution is 2.27. The minimum atomic E-state index is -0.243. The molecule has 0 aromatic rings. The number of hydrogen-bond donors (Lipinski definition) is 2. The van der Waals surface area contributed by atoms with Crippen LogP contribution < -0.4 is 0 Å². The lowest BCUT2D eigenvalue weighted by atomic mass is 9.85. The lowest BCUT2D eigenvalue weighted by Crippen LogP contribution is -2.32. The smallest absolute Gasteiger partial charge is 0.0701 e. The van der Waals surface area contributed by atoms with E-state index in [9.17, 15) is 10.2 Å². The summed E-state index contributed by atoms with van der Waals surface area (Å²) in [5, 5.41) is 21.4. The lowest BCUT2D eigenvalue weighted by molar-refractivity contribution is 0.00586. The van der Waals surface area contributed by atoms with Gasteiger partial charge < -0.3 is 29.3 Å². The number of nitrogens with zero attached hydrogens (tertiary/aromatic N) is 1. The molecular weight excluding hydrogens is 659 g/mol. The Kier molecular flexibility index (Phi) is 39.7. The zero-order valence-electron chi connectivity index (χ0n) is 36.0. The third kappa shape index (κ3) is 35.9. The summed E-state index contributed by atoms with van der Waals surface area (Å²) in [4.78, 5) is 2.51. The second-order valence-electron chi connectivity index (χ2n) is 16.9. The molecule has 0 spiro atoms. The van der Waals surface area contributed by atoms with Gasteiger partial charge in [0.25, 0.3) is 0 Å². The van der Waals surface area contributed by atoms with Crippen molar-refractivity contribution in [1.82, 2.24) is 4.90 Å². The van der Waals surface area contributed by atoms with Gasteiger partial charge in [-0.3, -0.25) is 0 Å². The van der Waals surface area contributed by atoms with Crippen molar-refractivity contribution in [2.45, 2.75) is 225 Å². The molecule has 6 heteroatoms. The van der Waals surface area contributed by atoms with Crippen LogP contribution in [0, 0.1) is 11.8 Å². The largest absolute Gasteiger partial charge is 0.396 e. The molecular formula is C47H95NO5. The highest BCUT2D eigenvalue weighted by atomic mass is 16.5. The quantitative estimate of drug-likeness (QED) is 0.0604. The van der Waals surface area contributed by atoms with Gasteiger partial charge in [0.2, 0.25) is 0 Å². The van der Waals surface area contributed by atoms with Crippen LogP contribution in [0.25, 0.3) is 0 Å². The number of aliphatic hydroxyl groups excluding tert-OH is 2. The van der Waals surface area contributed by atoms with Gasteiger partial charge in [-0.1, -0.05) is 174 Å². The molecule has 1 aliphatic rings. The van der Waals surface area contributed by atoms with Crippen LogP contribution in [-0.2, 0) is 14.2 Å². The van der Waals surface area contributed by atoms with E-state index in [1.54, 1.807) is 0 Å². The van der Waals surface area contributed by atoms with Crippen LogP contribution in [0.1, 0.15) is 219 Å². The van der Waals surface area contributed by atoms with Gasteiger partial charge in [-0.25, -0.2) is 0 Å². The van der Waals surface area contributed by atoms with E-state index in [1.807, 2.05) is 0 Å². The van der Waals surface area contributed by atoms with Crippen LogP contribution in [0.3, 0.4) is 0 Å². The van der Waals surface area contributed by atoms with Crippen molar-refractivity contribution in [3.05, 3.63) is 0 Å². The molecule has 1 saturated heterocycles. The molecule has 0 saturated carbocycles. The average Bonchev–Trinajstić information content (AvgIpc) is 3.17. The summed E-state index contributed by atoms with van der Waals surface area (Å²) in [6.45, 7) is 12.3. The van der Waals surface area contributed by atoms with Crippen molar-refractivity contribution >= 4 is 0 Å². The number of unbranched alkanes of at least 4 members (excludes halogenated alkanes) is 22. The molecule has 1 aliphatic heterocycles. The molecule has 1 fully saturated rings. The van der Waals surface area contributed by atoms with Crippen LogP contribution in [0.5, 0.6) is 0 Å². The molecule has 6 nitrogen and oxygen atoms in total. The number of aliphatic hydroxyl groups is 2. The zero-order valence-corrected chi connectivity index (χ0v) is 36.0. The molecule has 0 amide bonds. The predicted molar refractivity (Wildman–Crippen MR) is 228 cm³/mol. The predicted octanol–water partition coefficient (Wildman–Crippen LogP) is 12.5. The molecule has 1 heterocycles. The Morgan fingerprint density at radius 1 is 0.434 bits per heavy atom. The van der Waals surface area contributed by atoms with Crippen LogP contribution in [0.15, 0.2) is 0 Å². The van der Waals surface area contributed by atoms with E-state index in [-0.39, 0.29) is 12.7 Å². The SMILES string of the molecule is CCCCCCCCCCCCCCC(O)CC(CCOCCOCCOCCN1CCCCC1)CC(CO)CCCCCCCCCCCCCC. The van der Waals surface area contributed by atoms with E-state index in [0.29, 0.717) is 44.9 Å². The third-order valence-electron chi connectivity index (χ3n) is 11.8. The Hall–Kier alpha value is -0.240. The van der Waals surface area contributed by atoms with Crippen molar-refractivity contribution in [3.63, 3.8) is 0 Å². The Bertz CT molecular complexity index is 690. The fourth-order valence-electron chi connectivity index (χ4n) is 8.25. The maximum atomic E-state index is 11.1. The number of ether oxygens (including phenoxy) is 3. The Morgan fingerprint density at radius 3 is 1.32 bits per heavy atom. The lowest BCUT2D eigenvalue weighted by Gasteiger charge is -2.26. The first-order chi connectivity index (χ1) is 26.2. The molecule has 0 aromatic heterocycles. The van der Waals surface area contributed by atoms with Gasteiger partial charge in [-0.2, -0.15) is 0 Å². The summed E-state index contributed by atoms with van der Waals surface area (Å²) in [7, 11) is 0. The van der Waals surface area contributed by atoms with Gasteiger partial charge >= 0.3 is 0 Å². The Morgan fingerprint density at radius 2 is 0.849 bits per heavy atom. The van der Waals surface area contributed by atoms with Gasteiger partial charge in [0.05, 0.1) is 39.1 Å². The molecule has 0 bridgehead atoms. The highest BCUT2D eigenvalue weighted by Gasteiger charge is 2.20. The monoisotopic (exact) mass is 754 g/mol. The topological polar surface area (TPSA) is 71.4 Å². The minimum Gasteiger partial charge on any atom is -0.396 e. The zero-order chi connectivity index (χ0) is 38.1. The van der Waals surface area contributed by atoms with Crippen molar-refractivity contribution in [2.24, 2.45) is 11.8 Å². The summed E-state index contributed by atoms with van der Waals surface area (Å²) in [5.74, 6) is 0.728. The first kappa shape index (κ1) is 50.8. The maximum absolute atomic E-state index is 11.1. The van der Waals surface area contributed by atoms with Crippen molar-refractivity contribution in [2.75, 3.05) is 65.9 Å². The maximum Gasteiger partial charge on any atom is 0.0701 e. The molecule has 0 aromatic carbocycles. The van der Waals surface area contributed by atoms with E-state index in [2.05, 4.69) is 18.7 Å². The van der Waals surface area contributed by atoms with Crippen LogP contribution in [-0.4, -0.2) is 87.1 Å². The molecule has 318 valence electrons. The first-order valence-corrected chi connectivity index (χ1v) is 23.9. The second kappa shape index (κ2) is 41.4. The summed E-state index contributed by atoms with van der Waals surface area (Å²) in [6, 6.07) is 0. The Balaban J connectivity index is 2.25. The van der Waals surface area contributed by atoms with E-state index >= 15 is 0 Å². The second-order valence-corrected chi connectivity index (χ2v) is 16.9. The summed E-state index contributed by atoms with van der Waals surface area (Å²) < 4.78 is 17.5. The van der Waals surface area contributed by atoms with E-state index < -0.39 is 0 Å². The fraction of sp³-hybridized carbons (Fsp3) is 1.00. The summed E-state index contributed by atoms with van der Waals surface area (Å²) in [5.41, 5.74) is 0. The van der Waals surface area contributed by atoms with Crippen LogP contribution >= 0.6 is 0 Å². The molecule has 0 radical (unpaired) electrons. The number of hydrogen-bond acceptors (Lipinski definition) is 6. The van der Waals surface area contributed by atoms with E-state index in [0.717, 1.165) is 51.7 Å². The van der Waals surface area contributed by atoms with Gasteiger partial charge in [-0.05, 0) is 69.9 Å². The first-order valence-electron chi connectivity index (χ1n) is 23.9.